The van der Waals surface area contributed by atoms with Crippen molar-refractivity contribution in [2.75, 3.05) is 12.4 Å². The maximum atomic E-state index is 12.2. The van der Waals surface area contributed by atoms with Crippen LogP contribution in [0.4, 0.5) is 16.4 Å². The van der Waals surface area contributed by atoms with Crippen LogP contribution in [0.3, 0.4) is 0 Å². The number of hydrogen-bond donors (Lipinski definition) is 1. The van der Waals surface area contributed by atoms with Gasteiger partial charge in [0.1, 0.15) is 5.00 Å². The maximum absolute atomic E-state index is 12.2. The fraction of sp³-hybridized carbons (Fsp3) is 0.0769. The number of carbonyl (C=O) groups excluding carboxylic acids is 2. The highest BCUT2D eigenvalue weighted by molar-refractivity contribution is 7.14. The molecule has 0 atom stereocenters. The molecule has 0 spiro atoms. The first kappa shape index (κ1) is 17.0. The number of nitrogens with one attached hydrogen (secondary N) is 1. The molecule has 24 heavy (non-hydrogen) atoms. The van der Waals surface area contributed by atoms with E-state index < -0.39 is 33.1 Å². The lowest BCUT2D eigenvalue weighted by Crippen LogP contribution is -2.14. The van der Waals surface area contributed by atoms with Crippen molar-refractivity contribution in [3.63, 3.8) is 0 Å². The minimum atomic E-state index is -0.838. The number of carbonyl (C=O) groups is 2. The van der Waals surface area contributed by atoms with Gasteiger partial charge in [0, 0.05) is 12.1 Å². The molecule has 0 saturated carbocycles. The zero-order chi connectivity index (χ0) is 17.9. The van der Waals surface area contributed by atoms with Crippen LogP contribution >= 0.6 is 11.3 Å². The highest BCUT2D eigenvalue weighted by atomic mass is 32.1. The topological polar surface area (TPSA) is 142 Å². The van der Waals surface area contributed by atoms with E-state index in [2.05, 4.69) is 10.1 Å². The minimum Gasteiger partial charge on any atom is -0.465 e. The Morgan fingerprint density at radius 3 is 2.21 bits per heavy atom. The van der Waals surface area contributed by atoms with Gasteiger partial charge in [0.2, 0.25) is 0 Å². The van der Waals surface area contributed by atoms with Crippen molar-refractivity contribution in [2.45, 2.75) is 0 Å². The van der Waals surface area contributed by atoms with Crippen LogP contribution in [-0.4, -0.2) is 28.8 Å². The Hall–Kier alpha value is -3.34. The van der Waals surface area contributed by atoms with Crippen molar-refractivity contribution in [3.8, 4) is 0 Å². The van der Waals surface area contributed by atoms with E-state index in [9.17, 15) is 29.8 Å². The van der Waals surface area contributed by atoms with Crippen molar-refractivity contribution in [2.24, 2.45) is 0 Å². The van der Waals surface area contributed by atoms with Gasteiger partial charge in [0.05, 0.1) is 34.1 Å². The van der Waals surface area contributed by atoms with Gasteiger partial charge >= 0.3 is 5.97 Å². The molecule has 11 heteroatoms. The summed E-state index contributed by atoms with van der Waals surface area (Å²) >= 11 is 1.04. The van der Waals surface area contributed by atoms with Crippen molar-refractivity contribution in [1.82, 2.24) is 0 Å². The van der Waals surface area contributed by atoms with Gasteiger partial charge < -0.3 is 10.1 Å². The van der Waals surface area contributed by atoms with Gasteiger partial charge in [-0.1, -0.05) is 0 Å². The Balaban J connectivity index is 2.36. The van der Waals surface area contributed by atoms with Gasteiger partial charge in [0.25, 0.3) is 17.3 Å². The summed E-state index contributed by atoms with van der Waals surface area (Å²) in [5, 5.41) is 25.8. The number of hydrogen-bond acceptors (Lipinski definition) is 8. The summed E-state index contributed by atoms with van der Waals surface area (Å²) in [4.78, 5) is 43.8. The number of ether oxygens (including phenoxy) is 1. The summed E-state index contributed by atoms with van der Waals surface area (Å²) in [7, 11) is 1.18. The number of esters is 1. The monoisotopic (exact) mass is 351 g/mol. The lowest BCUT2D eigenvalue weighted by Gasteiger charge is -2.05. The van der Waals surface area contributed by atoms with Crippen LogP contribution in [0.25, 0.3) is 0 Å². The van der Waals surface area contributed by atoms with Crippen LogP contribution in [-0.2, 0) is 4.74 Å². The Morgan fingerprint density at radius 1 is 1.12 bits per heavy atom. The molecule has 1 heterocycles. The Labute approximate surface area is 138 Å². The first-order valence-corrected chi connectivity index (χ1v) is 7.12. The predicted molar refractivity (Wildman–Crippen MR) is 83.4 cm³/mol. The van der Waals surface area contributed by atoms with E-state index in [0.29, 0.717) is 0 Å². The van der Waals surface area contributed by atoms with Gasteiger partial charge in [-0.25, -0.2) is 4.79 Å². The first-order chi connectivity index (χ1) is 11.3. The Morgan fingerprint density at radius 2 is 1.71 bits per heavy atom. The normalized spacial score (nSPS) is 10.0. The second-order valence-corrected chi connectivity index (χ2v) is 5.28. The molecule has 0 bridgehead atoms. The molecule has 10 nitrogen and oxygen atoms in total. The molecule has 2 aromatic rings. The molecule has 124 valence electrons. The Bertz CT molecular complexity index is 814. The van der Waals surface area contributed by atoms with E-state index in [-0.39, 0.29) is 16.1 Å². The highest BCUT2D eigenvalue weighted by Crippen LogP contribution is 2.27. The van der Waals surface area contributed by atoms with E-state index >= 15 is 0 Å². The number of nitrogens with zero attached hydrogens (tertiary/aromatic N) is 2. The zero-order valence-electron chi connectivity index (χ0n) is 12.0. The highest BCUT2D eigenvalue weighted by Gasteiger charge is 2.22. The summed E-state index contributed by atoms with van der Waals surface area (Å²) in [5.74, 6) is -1.49. The number of thiophene rings is 1. The second-order valence-electron chi connectivity index (χ2n) is 4.36. The van der Waals surface area contributed by atoms with Gasteiger partial charge in [-0.05, 0) is 11.4 Å². The largest absolute Gasteiger partial charge is 0.465 e. The predicted octanol–water partition coefficient (Wildman–Crippen LogP) is 2.60. The quantitative estimate of drug-likeness (QED) is 0.495. The molecule has 0 aliphatic carbocycles. The summed E-state index contributed by atoms with van der Waals surface area (Å²) in [6.07, 6.45) is 0. The molecule has 2 rings (SSSR count). The average molecular weight is 351 g/mol. The third-order valence-corrected chi connectivity index (χ3v) is 3.71. The SMILES string of the molecule is COC(=O)c1ccsc1NC(=O)c1cc([N+](=O)[O-])cc([N+](=O)[O-])c1. The Kier molecular flexibility index (Phi) is 4.84. The molecule has 1 aromatic heterocycles. The van der Waals surface area contributed by atoms with Crippen LogP contribution in [0.1, 0.15) is 20.7 Å². The third-order valence-electron chi connectivity index (χ3n) is 2.88. The summed E-state index contributed by atoms with van der Waals surface area (Å²) < 4.78 is 4.56. The van der Waals surface area contributed by atoms with Crippen molar-refractivity contribution >= 4 is 39.6 Å². The molecule has 1 amide bonds. The van der Waals surface area contributed by atoms with Crippen LogP contribution in [0.5, 0.6) is 0 Å². The number of methoxy groups -OCH3 is 1. The van der Waals surface area contributed by atoms with Gasteiger partial charge in [-0.2, -0.15) is 0 Å². The number of nitro groups is 2. The molecule has 0 aliphatic heterocycles. The maximum Gasteiger partial charge on any atom is 0.340 e. The molecule has 1 N–H and O–H groups in total. The average Bonchev–Trinajstić information content (AvgIpc) is 3.01. The molecule has 0 aliphatic rings. The zero-order valence-corrected chi connectivity index (χ0v) is 12.9. The molecule has 0 saturated heterocycles. The smallest absolute Gasteiger partial charge is 0.340 e. The number of nitro benzene ring substituents is 2. The molecule has 0 fully saturated rings. The minimum absolute atomic E-state index is 0.107. The van der Waals surface area contributed by atoms with E-state index in [1.807, 2.05) is 0 Å². The molecular formula is C13H9N3O7S. The van der Waals surface area contributed by atoms with E-state index in [4.69, 9.17) is 0 Å². The summed E-state index contributed by atoms with van der Waals surface area (Å²) in [5.41, 5.74) is -1.35. The molecule has 0 radical (unpaired) electrons. The summed E-state index contributed by atoms with van der Waals surface area (Å²) in [6.45, 7) is 0. The van der Waals surface area contributed by atoms with Crippen LogP contribution in [0.15, 0.2) is 29.6 Å². The van der Waals surface area contributed by atoms with E-state index in [0.717, 1.165) is 29.5 Å². The van der Waals surface area contributed by atoms with E-state index in [1.165, 1.54) is 18.6 Å². The van der Waals surface area contributed by atoms with Crippen molar-refractivity contribution in [1.29, 1.82) is 0 Å². The number of amides is 1. The van der Waals surface area contributed by atoms with Crippen LogP contribution in [0, 0.1) is 20.2 Å². The van der Waals surface area contributed by atoms with Gasteiger partial charge in [-0.3, -0.25) is 25.0 Å². The third kappa shape index (κ3) is 3.52. The van der Waals surface area contributed by atoms with Crippen LogP contribution in [0.2, 0.25) is 0 Å². The second kappa shape index (κ2) is 6.83. The number of rotatable bonds is 5. The van der Waals surface area contributed by atoms with Crippen molar-refractivity contribution < 1.29 is 24.2 Å². The fourth-order valence-corrected chi connectivity index (χ4v) is 2.56. The van der Waals surface area contributed by atoms with Crippen molar-refractivity contribution in [3.05, 3.63) is 61.0 Å². The molecular weight excluding hydrogens is 342 g/mol. The summed E-state index contributed by atoms with van der Waals surface area (Å²) in [6, 6.07) is 4.01. The lowest BCUT2D eigenvalue weighted by molar-refractivity contribution is -0.394. The molecule has 1 aromatic carbocycles. The fourth-order valence-electron chi connectivity index (χ4n) is 1.79. The number of benzene rings is 1. The number of non-ortho nitro benzene ring substituents is 2. The first-order valence-electron chi connectivity index (χ1n) is 6.24. The number of anilines is 1. The molecule has 0 unspecified atom stereocenters. The van der Waals surface area contributed by atoms with Gasteiger partial charge in [-0.15, -0.1) is 11.3 Å². The standard InChI is InChI=1S/C13H9N3O7S/c1-23-13(18)10-2-3-24-12(10)14-11(17)7-4-8(15(19)20)6-9(5-7)16(21)22/h2-6H,1H3,(H,14,17). The lowest BCUT2D eigenvalue weighted by atomic mass is 10.1. The van der Waals surface area contributed by atoms with Crippen LogP contribution < -0.4 is 5.32 Å². The van der Waals surface area contributed by atoms with E-state index in [1.54, 1.807) is 0 Å². The van der Waals surface area contributed by atoms with Gasteiger partial charge in [0.15, 0.2) is 0 Å².